The molecule has 0 radical (unpaired) electrons. The third-order valence-corrected chi connectivity index (χ3v) is 11.4. The summed E-state index contributed by atoms with van der Waals surface area (Å²) >= 11 is 0. The van der Waals surface area contributed by atoms with Crippen LogP contribution < -0.4 is 5.32 Å². The topological polar surface area (TPSA) is 116 Å². The molecular formula is C50H78N2O6. The van der Waals surface area contributed by atoms with Crippen LogP contribution in [0.3, 0.4) is 0 Å². The molecule has 0 spiro atoms. The maximum Gasteiger partial charge on any atom is 0.311 e. The summed E-state index contributed by atoms with van der Waals surface area (Å²) in [6.07, 6.45) is 40.1. The lowest BCUT2D eigenvalue weighted by Gasteiger charge is -2.44. The zero-order chi connectivity index (χ0) is 42.8. The first kappa shape index (κ1) is 50.4. The second-order valence-corrected chi connectivity index (χ2v) is 16.9. The van der Waals surface area contributed by atoms with E-state index in [2.05, 4.69) is 111 Å². The molecule has 2 aliphatic carbocycles. The first-order chi connectivity index (χ1) is 27.8. The average molecular weight is 803 g/mol. The molecule has 8 nitrogen and oxygen atoms in total. The number of likely N-dealkylation sites (N-methyl/N-ethyl adjacent to an activating group) is 1. The monoisotopic (exact) mass is 803 g/mol. The number of amides is 2. The standard InChI is InChI=1S/C50H78N2O6/c1-8-10-11-12-13-14-15-16-17-18-19-20-21-22-23-24-25-26-27-28-47(56)52(7)34-33-51-46(55)38-43(54)37-42(53)31-32-44-40(4)29-30-41-35-39(3)36-45(48(41)44)58-49(57)50(5,6)9-2/h10-11,13-14,16-17,19-20,22-23,25-26,29-30,35,39-40,42-45,48,53-54H,8-9,12,15,18,21,24,27-28,31-34,36-38H2,1-7H3,(H,51,55). The third-order valence-electron chi connectivity index (χ3n) is 11.4. The van der Waals surface area contributed by atoms with Gasteiger partial charge >= 0.3 is 5.97 Å². The van der Waals surface area contributed by atoms with E-state index in [1.54, 1.807) is 11.9 Å². The minimum atomic E-state index is -0.976. The number of ether oxygens (including phenoxy) is 1. The molecule has 0 saturated carbocycles. The Morgan fingerprint density at radius 1 is 0.879 bits per heavy atom. The van der Waals surface area contributed by atoms with Crippen molar-refractivity contribution in [2.75, 3.05) is 20.1 Å². The Balaban J connectivity index is 1.62. The van der Waals surface area contributed by atoms with Crippen LogP contribution in [-0.2, 0) is 19.1 Å². The summed E-state index contributed by atoms with van der Waals surface area (Å²) in [5, 5.41) is 24.3. The third kappa shape index (κ3) is 20.3. The minimum absolute atomic E-state index is 0.0133. The molecule has 0 saturated heterocycles. The zero-order valence-electron chi connectivity index (χ0n) is 37.0. The number of aliphatic hydroxyl groups is 2. The summed E-state index contributed by atoms with van der Waals surface area (Å²) in [6, 6.07) is 0. The van der Waals surface area contributed by atoms with Crippen molar-refractivity contribution < 1.29 is 29.3 Å². The van der Waals surface area contributed by atoms with Crippen LogP contribution in [0.25, 0.3) is 0 Å². The van der Waals surface area contributed by atoms with Gasteiger partial charge in [-0.3, -0.25) is 14.4 Å². The van der Waals surface area contributed by atoms with Crippen LogP contribution in [-0.4, -0.2) is 71.3 Å². The lowest BCUT2D eigenvalue weighted by Crippen LogP contribution is -2.43. The Hall–Kier alpha value is -3.75. The van der Waals surface area contributed by atoms with Gasteiger partial charge in [0.15, 0.2) is 0 Å². The quantitative estimate of drug-likeness (QED) is 0.0563. The molecule has 2 aliphatic rings. The molecule has 0 heterocycles. The number of carbonyl (C=O) groups is 3. The molecule has 324 valence electrons. The molecule has 7 atom stereocenters. The predicted molar refractivity (Wildman–Crippen MR) is 240 cm³/mol. The number of aliphatic hydroxyl groups excluding tert-OH is 2. The lowest BCUT2D eigenvalue weighted by atomic mass is 9.65. The van der Waals surface area contributed by atoms with Crippen LogP contribution >= 0.6 is 0 Å². The van der Waals surface area contributed by atoms with E-state index in [-0.39, 0.29) is 54.5 Å². The number of nitrogens with zero attached hydrogens (tertiary/aromatic N) is 1. The van der Waals surface area contributed by atoms with Crippen molar-refractivity contribution >= 4 is 17.8 Å². The Bertz CT molecular complexity index is 1470. The van der Waals surface area contributed by atoms with E-state index >= 15 is 0 Å². The van der Waals surface area contributed by atoms with Crippen molar-refractivity contribution in [3.8, 4) is 0 Å². The maximum atomic E-state index is 13.1. The zero-order valence-corrected chi connectivity index (χ0v) is 37.0. The van der Waals surface area contributed by atoms with Gasteiger partial charge in [-0.25, -0.2) is 0 Å². The van der Waals surface area contributed by atoms with Gasteiger partial charge in [-0.1, -0.05) is 119 Å². The molecule has 0 aromatic heterocycles. The molecular weight excluding hydrogens is 725 g/mol. The van der Waals surface area contributed by atoms with Gasteiger partial charge in [0.05, 0.1) is 24.0 Å². The molecule has 8 heteroatoms. The molecule has 58 heavy (non-hydrogen) atoms. The summed E-state index contributed by atoms with van der Waals surface area (Å²) in [6.45, 7) is 13.0. The highest BCUT2D eigenvalue weighted by Crippen LogP contribution is 2.45. The average Bonchev–Trinajstić information content (AvgIpc) is 3.18. The Labute approximate surface area is 352 Å². The van der Waals surface area contributed by atoms with E-state index in [1.807, 2.05) is 26.8 Å². The Kier molecular flexibility index (Phi) is 24.9. The summed E-state index contributed by atoms with van der Waals surface area (Å²) in [7, 11) is 1.73. The SMILES string of the molecule is CCC=CCC=CCC=CCC=CCC=CCC=CCCC(=O)N(C)CCNC(=O)CC(O)CC(O)CCC1C(C)C=CC2=CC(C)CC(OC(=O)C(C)(C)CC)C21. The van der Waals surface area contributed by atoms with Crippen molar-refractivity contribution in [3.05, 3.63) is 96.7 Å². The number of esters is 1. The molecule has 2 rings (SSSR count). The summed E-state index contributed by atoms with van der Waals surface area (Å²) in [5.41, 5.74) is 0.663. The molecule has 2 amide bonds. The van der Waals surface area contributed by atoms with Crippen molar-refractivity contribution in [1.82, 2.24) is 10.2 Å². The Morgan fingerprint density at radius 2 is 1.45 bits per heavy atom. The van der Waals surface area contributed by atoms with Crippen LogP contribution in [0.5, 0.6) is 0 Å². The van der Waals surface area contributed by atoms with Gasteiger partial charge in [0.25, 0.3) is 0 Å². The number of hydrogen-bond donors (Lipinski definition) is 3. The van der Waals surface area contributed by atoms with Crippen LogP contribution in [0.1, 0.15) is 131 Å². The normalized spacial score (nSPS) is 22.4. The van der Waals surface area contributed by atoms with Gasteiger partial charge < -0.3 is 25.2 Å². The first-order valence-electron chi connectivity index (χ1n) is 22.2. The van der Waals surface area contributed by atoms with Crippen molar-refractivity contribution in [1.29, 1.82) is 0 Å². The summed E-state index contributed by atoms with van der Waals surface area (Å²) in [5.74, 6) is 0.351. The number of nitrogens with one attached hydrogen (secondary N) is 1. The highest BCUT2D eigenvalue weighted by atomic mass is 16.5. The Morgan fingerprint density at radius 3 is 2.02 bits per heavy atom. The minimum Gasteiger partial charge on any atom is -0.461 e. The van der Waals surface area contributed by atoms with Crippen molar-refractivity contribution in [3.63, 3.8) is 0 Å². The van der Waals surface area contributed by atoms with E-state index < -0.39 is 17.6 Å². The number of rotatable bonds is 27. The highest BCUT2D eigenvalue weighted by molar-refractivity contribution is 5.77. The molecule has 7 unspecified atom stereocenters. The number of carbonyl (C=O) groups excluding carboxylic acids is 3. The van der Waals surface area contributed by atoms with Gasteiger partial charge in [-0.15, -0.1) is 0 Å². The fourth-order valence-electron chi connectivity index (χ4n) is 7.37. The maximum absolute atomic E-state index is 13.1. The molecule has 0 aromatic carbocycles. The first-order valence-corrected chi connectivity index (χ1v) is 22.2. The second-order valence-electron chi connectivity index (χ2n) is 16.9. The van der Waals surface area contributed by atoms with Gasteiger partial charge in [-0.05, 0) is 114 Å². The predicted octanol–water partition coefficient (Wildman–Crippen LogP) is 10.1. The fourth-order valence-corrected chi connectivity index (χ4v) is 7.37. The molecule has 0 aliphatic heterocycles. The van der Waals surface area contributed by atoms with Crippen molar-refractivity contribution in [2.24, 2.45) is 29.1 Å². The van der Waals surface area contributed by atoms with Gasteiger partial charge in [-0.2, -0.15) is 0 Å². The van der Waals surface area contributed by atoms with Gasteiger partial charge in [0, 0.05) is 32.5 Å². The molecule has 0 aromatic rings. The van der Waals surface area contributed by atoms with Crippen LogP contribution in [0, 0.1) is 29.1 Å². The van der Waals surface area contributed by atoms with Crippen molar-refractivity contribution in [2.45, 2.75) is 150 Å². The van der Waals surface area contributed by atoms with E-state index in [1.165, 1.54) is 5.57 Å². The van der Waals surface area contributed by atoms with E-state index in [0.29, 0.717) is 51.1 Å². The fraction of sp³-hybridized carbons (Fsp3) is 0.620. The van der Waals surface area contributed by atoms with E-state index in [9.17, 15) is 24.6 Å². The van der Waals surface area contributed by atoms with E-state index in [0.717, 1.165) is 44.9 Å². The lowest BCUT2D eigenvalue weighted by molar-refractivity contribution is -0.164. The smallest absolute Gasteiger partial charge is 0.311 e. The number of hydrogen-bond acceptors (Lipinski definition) is 6. The van der Waals surface area contributed by atoms with Crippen LogP contribution in [0.4, 0.5) is 0 Å². The second kappa shape index (κ2) is 28.6. The van der Waals surface area contributed by atoms with E-state index in [4.69, 9.17) is 4.74 Å². The summed E-state index contributed by atoms with van der Waals surface area (Å²) < 4.78 is 6.21. The number of allylic oxidation sites excluding steroid dienone is 15. The molecule has 0 fully saturated rings. The largest absolute Gasteiger partial charge is 0.461 e. The number of fused-ring (bicyclic) bond motifs is 1. The van der Waals surface area contributed by atoms with Gasteiger partial charge in [0.2, 0.25) is 11.8 Å². The van der Waals surface area contributed by atoms with Crippen LogP contribution in [0.2, 0.25) is 0 Å². The molecule has 3 N–H and O–H groups in total. The highest BCUT2D eigenvalue weighted by Gasteiger charge is 2.43. The van der Waals surface area contributed by atoms with Crippen LogP contribution in [0.15, 0.2) is 96.7 Å². The summed E-state index contributed by atoms with van der Waals surface area (Å²) in [4.78, 5) is 39.8. The molecule has 0 bridgehead atoms. The van der Waals surface area contributed by atoms with Gasteiger partial charge in [0.1, 0.15) is 6.10 Å².